The fourth-order valence-corrected chi connectivity index (χ4v) is 4.04. The highest BCUT2D eigenvalue weighted by Gasteiger charge is 2.10. The van der Waals surface area contributed by atoms with E-state index >= 15 is 0 Å². The van der Waals surface area contributed by atoms with Gasteiger partial charge in [-0.2, -0.15) is 5.10 Å². The molecule has 0 atom stereocenters. The van der Waals surface area contributed by atoms with Crippen LogP contribution in [-0.2, 0) is 11.2 Å². The lowest BCUT2D eigenvalue weighted by atomic mass is 10.0. The highest BCUT2D eigenvalue weighted by Crippen LogP contribution is 2.25. The number of hydrogen-bond donors (Lipinski definition) is 0. The molecule has 1 saturated heterocycles. The standard InChI is InChI=1S/C25H26N4O/c1-2-6-22(7-3-1)24-18-27-29-19-23(17-26-25(24)29)21-10-8-20(9-11-21)5-4-12-28-13-15-30-16-14-28/h1-3,6-11,17-19H,4-5,12-16H2. The summed E-state index contributed by atoms with van der Waals surface area (Å²) < 4.78 is 7.29. The maximum atomic E-state index is 5.42. The number of aromatic nitrogens is 3. The Balaban J connectivity index is 1.27. The Morgan fingerprint density at radius 1 is 0.833 bits per heavy atom. The minimum absolute atomic E-state index is 0.871. The third-order valence-corrected chi connectivity index (χ3v) is 5.77. The molecule has 4 aromatic rings. The van der Waals surface area contributed by atoms with E-state index in [-0.39, 0.29) is 0 Å². The van der Waals surface area contributed by atoms with Gasteiger partial charge in [0.25, 0.3) is 0 Å². The highest BCUT2D eigenvalue weighted by atomic mass is 16.5. The van der Waals surface area contributed by atoms with E-state index in [1.807, 2.05) is 35.1 Å². The number of aryl methyl sites for hydroxylation is 1. The summed E-state index contributed by atoms with van der Waals surface area (Å²) in [6.45, 7) is 5.02. The number of morpholine rings is 1. The minimum Gasteiger partial charge on any atom is -0.379 e. The van der Waals surface area contributed by atoms with Gasteiger partial charge in [-0.15, -0.1) is 0 Å². The Morgan fingerprint density at radius 2 is 1.63 bits per heavy atom. The fraction of sp³-hybridized carbons (Fsp3) is 0.280. The first-order valence-electron chi connectivity index (χ1n) is 10.6. The van der Waals surface area contributed by atoms with Gasteiger partial charge in [-0.05, 0) is 36.1 Å². The van der Waals surface area contributed by atoms with Gasteiger partial charge in [0.2, 0.25) is 0 Å². The largest absolute Gasteiger partial charge is 0.379 e. The molecule has 152 valence electrons. The van der Waals surface area contributed by atoms with Crippen molar-refractivity contribution in [2.45, 2.75) is 12.8 Å². The van der Waals surface area contributed by atoms with Gasteiger partial charge in [0, 0.05) is 36.6 Å². The molecule has 5 rings (SSSR count). The van der Waals surface area contributed by atoms with Gasteiger partial charge >= 0.3 is 0 Å². The van der Waals surface area contributed by atoms with Gasteiger partial charge in [0.15, 0.2) is 5.65 Å². The molecule has 0 bridgehead atoms. The Kier molecular flexibility index (Phi) is 5.55. The normalized spacial score (nSPS) is 14.9. The Labute approximate surface area is 176 Å². The lowest BCUT2D eigenvalue weighted by molar-refractivity contribution is 0.0375. The zero-order valence-electron chi connectivity index (χ0n) is 17.1. The van der Waals surface area contributed by atoms with E-state index in [0.717, 1.165) is 67.2 Å². The van der Waals surface area contributed by atoms with Crippen molar-refractivity contribution in [3.8, 4) is 22.3 Å². The van der Waals surface area contributed by atoms with Crippen LogP contribution >= 0.6 is 0 Å². The zero-order valence-corrected chi connectivity index (χ0v) is 17.1. The molecule has 1 fully saturated rings. The van der Waals surface area contributed by atoms with Crippen LogP contribution < -0.4 is 0 Å². The van der Waals surface area contributed by atoms with Crippen molar-refractivity contribution in [3.05, 3.63) is 78.8 Å². The molecule has 0 radical (unpaired) electrons. The van der Waals surface area contributed by atoms with Gasteiger partial charge in [0.05, 0.1) is 19.4 Å². The first kappa shape index (κ1) is 19.0. The molecule has 0 saturated carbocycles. The predicted octanol–water partition coefficient (Wildman–Crippen LogP) is 4.33. The van der Waals surface area contributed by atoms with Crippen LogP contribution in [-0.4, -0.2) is 52.3 Å². The van der Waals surface area contributed by atoms with Crippen molar-refractivity contribution >= 4 is 5.65 Å². The number of nitrogens with zero attached hydrogens (tertiary/aromatic N) is 4. The topological polar surface area (TPSA) is 42.7 Å². The molecular weight excluding hydrogens is 372 g/mol. The average Bonchev–Trinajstić information content (AvgIpc) is 3.24. The van der Waals surface area contributed by atoms with Gasteiger partial charge in [-0.25, -0.2) is 9.50 Å². The molecule has 0 aliphatic carbocycles. The van der Waals surface area contributed by atoms with Crippen LogP contribution in [0.15, 0.2) is 73.2 Å². The lowest BCUT2D eigenvalue weighted by Crippen LogP contribution is -2.36. The van der Waals surface area contributed by atoms with Gasteiger partial charge in [0.1, 0.15) is 0 Å². The monoisotopic (exact) mass is 398 g/mol. The summed E-state index contributed by atoms with van der Waals surface area (Å²) in [5.41, 5.74) is 6.69. The zero-order chi connectivity index (χ0) is 20.2. The van der Waals surface area contributed by atoms with Crippen LogP contribution in [0, 0.1) is 0 Å². The molecule has 0 N–H and O–H groups in total. The van der Waals surface area contributed by atoms with E-state index in [9.17, 15) is 0 Å². The molecule has 2 aromatic carbocycles. The first-order valence-corrected chi connectivity index (χ1v) is 10.6. The van der Waals surface area contributed by atoms with E-state index in [0.29, 0.717) is 0 Å². The van der Waals surface area contributed by atoms with Crippen molar-refractivity contribution in [2.75, 3.05) is 32.8 Å². The molecule has 0 unspecified atom stereocenters. The number of benzene rings is 2. The van der Waals surface area contributed by atoms with E-state index in [1.165, 1.54) is 12.0 Å². The fourth-order valence-electron chi connectivity index (χ4n) is 4.04. The predicted molar refractivity (Wildman–Crippen MR) is 119 cm³/mol. The van der Waals surface area contributed by atoms with Crippen LogP contribution in [0.1, 0.15) is 12.0 Å². The van der Waals surface area contributed by atoms with Gasteiger partial charge < -0.3 is 4.74 Å². The van der Waals surface area contributed by atoms with Crippen molar-refractivity contribution < 1.29 is 4.74 Å². The maximum absolute atomic E-state index is 5.42. The smallest absolute Gasteiger partial charge is 0.162 e. The molecule has 3 heterocycles. The quantitative estimate of drug-likeness (QED) is 0.485. The van der Waals surface area contributed by atoms with Crippen molar-refractivity contribution in [1.82, 2.24) is 19.5 Å². The molecule has 0 spiro atoms. The summed E-state index contributed by atoms with van der Waals surface area (Å²) in [5.74, 6) is 0. The molecular formula is C25H26N4O. The van der Waals surface area contributed by atoms with E-state index < -0.39 is 0 Å². The molecule has 2 aromatic heterocycles. The molecule has 0 amide bonds. The van der Waals surface area contributed by atoms with Crippen molar-refractivity contribution in [2.24, 2.45) is 0 Å². The van der Waals surface area contributed by atoms with Crippen LogP contribution in [0.3, 0.4) is 0 Å². The third kappa shape index (κ3) is 4.13. The SMILES string of the molecule is c1ccc(-c2cnn3cc(-c4ccc(CCCN5CCOCC5)cc4)cnc23)cc1. The summed E-state index contributed by atoms with van der Waals surface area (Å²) in [7, 11) is 0. The van der Waals surface area contributed by atoms with E-state index in [2.05, 4.69) is 52.6 Å². The molecule has 1 aliphatic heterocycles. The number of fused-ring (bicyclic) bond motifs is 1. The minimum atomic E-state index is 0.871. The second kappa shape index (κ2) is 8.78. The molecule has 5 nitrogen and oxygen atoms in total. The maximum Gasteiger partial charge on any atom is 0.162 e. The Bertz CT molecular complexity index is 1100. The molecule has 30 heavy (non-hydrogen) atoms. The van der Waals surface area contributed by atoms with Gasteiger partial charge in [-0.1, -0.05) is 54.6 Å². The van der Waals surface area contributed by atoms with Crippen LogP contribution in [0.25, 0.3) is 27.9 Å². The molecule has 1 aliphatic rings. The average molecular weight is 399 g/mol. The Morgan fingerprint density at radius 3 is 2.43 bits per heavy atom. The lowest BCUT2D eigenvalue weighted by Gasteiger charge is -2.26. The molecule has 5 heteroatoms. The highest BCUT2D eigenvalue weighted by molar-refractivity contribution is 5.77. The van der Waals surface area contributed by atoms with Crippen molar-refractivity contribution in [1.29, 1.82) is 0 Å². The van der Waals surface area contributed by atoms with Crippen LogP contribution in [0.4, 0.5) is 0 Å². The first-order chi connectivity index (χ1) is 14.9. The summed E-state index contributed by atoms with van der Waals surface area (Å²) in [4.78, 5) is 7.19. The third-order valence-electron chi connectivity index (χ3n) is 5.77. The van der Waals surface area contributed by atoms with Crippen LogP contribution in [0.2, 0.25) is 0 Å². The van der Waals surface area contributed by atoms with E-state index in [4.69, 9.17) is 9.72 Å². The summed E-state index contributed by atoms with van der Waals surface area (Å²) in [5, 5.41) is 4.52. The summed E-state index contributed by atoms with van der Waals surface area (Å²) in [6, 6.07) is 19.1. The summed E-state index contributed by atoms with van der Waals surface area (Å²) in [6.07, 6.45) is 8.18. The second-order valence-electron chi connectivity index (χ2n) is 7.79. The van der Waals surface area contributed by atoms with Gasteiger partial charge in [-0.3, -0.25) is 4.90 Å². The summed E-state index contributed by atoms with van der Waals surface area (Å²) >= 11 is 0. The Hall–Kier alpha value is -3.02. The van der Waals surface area contributed by atoms with E-state index in [1.54, 1.807) is 0 Å². The van der Waals surface area contributed by atoms with Crippen molar-refractivity contribution in [3.63, 3.8) is 0 Å². The van der Waals surface area contributed by atoms with Crippen LogP contribution in [0.5, 0.6) is 0 Å². The number of hydrogen-bond acceptors (Lipinski definition) is 4. The number of rotatable bonds is 6. The second-order valence-corrected chi connectivity index (χ2v) is 7.79. The number of ether oxygens (including phenoxy) is 1.